The number of methoxy groups -OCH3 is 2. The fourth-order valence-electron chi connectivity index (χ4n) is 2.32. The molecule has 0 aliphatic carbocycles. The van der Waals surface area contributed by atoms with Gasteiger partial charge in [0.2, 0.25) is 0 Å². The maximum absolute atomic E-state index is 11.5. The Kier molecular flexibility index (Phi) is 4.49. The molecule has 0 atom stereocenters. The molecule has 0 saturated carbocycles. The third kappa shape index (κ3) is 3.22. The van der Waals surface area contributed by atoms with Gasteiger partial charge in [-0.15, -0.1) is 0 Å². The molecule has 0 aromatic heterocycles. The topological polar surface area (TPSA) is 56.8 Å². The van der Waals surface area contributed by atoms with E-state index in [9.17, 15) is 4.79 Å². The van der Waals surface area contributed by atoms with Gasteiger partial charge >= 0.3 is 5.97 Å². The maximum Gasteiger partial charge on any atom is 0.337 e. The highest BCUT2D eigenvalue weighted by Gasteiger charge is 2.29. The van der Waals surface area contributed by atoms with Crippen LogP contribution in [0.3, 0.4) is 0 Å². The molecular weight excluding hydrogens is 258 g/mol. The summed E-state index contributed by atoms with van der Waals surface area (Å²) in [6.07, 6.45) is 1.88. The Hall–Kier alpha value is -1.75. The first kappa shape index (κ1) is 14.7. The number of hydrogen-bond acceptors (Lipinski definition) is 5. The number of rotatable bonds is 4. The van der Waals surface area contributed by atoms with Gasteiger partial charge in [0.1, 0.15) is 5.60 Å². The van der Waals surface area contributed by atoms with Gasteiger partial charge in [-0.1, -0.05) is 0 Å². The summed E-state index contributed by atoms with van der Waals surface area (Å²) in [6, 6.07) is 5.10. The van der Waals surface area contributed by atoms with Crippen LogP contribution in [0.1, 0.15) is 30.1 Å². The lowest BCUT2D eigenvalue weighted by molar-refractivity contribution is 0.0525. The van der Waals surface area contributed by atoms with E-state index in [1.54, 1.807) is 25.3 Å². The monoisotopic (exact) mass is 279 g/mol. The predicted molar refractivity (Wildman–Crippen MR) is 75.5 cm³/mol. The lowest BCUT2D eigenvalue weighted by Gasteiger charge is -2.35. The maximum atomic E-state index is 11.5. The van der Waals surface area contributed by atoms with E-state index in [4.69, 9.17) is 14.2 Å². The van der Waals surface area contributed by atoms with Gasteiger partial charge in [0.05, 0.1) is 19.8 Å². The minimum absolute atomic E-state index is 0.203. The molecule has 1 saturated heterocycles. The molecule has 1 aliphatic heterocycles. The average Bonchev–Trinajstić information content (AvgIpc) is 2.47. The van der Waals surface area contributed by atoms with Crippen LogP contribution in [-0.4, -0.2) is 38.9 Å². The molecule has 1 heterocycles. The second-order valence-electron chi connectivity index (χ2n) is 5.16. The van der Waals surface area contributed by atoms with E-state index >= 15 is 0 Å². The molecule has 20 heavy (non-hydrogen) atoms. The number of carbonyl (C=O) groups is 1. The highest BCUT2D eigenvalue weighted by atomic mass is 16.5. The molecule has 0 amide bonds. The SMILES string of the molecule is COC(=O)c1ccc(OC2(C)CCNCC2)c(OC)c1. The Balaban J connectivity index is 2.21. The summed E-state index contributed by atoms with van der Waals surface area (Å²) in [5.74, 6) is 0.820. The van der Waals surface area contributed by atoms with Gasteiger partial charge < -0.3 is 19.5 Å². The van der Waals surface area contributed by atoms with Gasteiger partial charge in [0.25, 0.3) is 0 Å². The molecule has 0 spiro atoms. The summed E-state index contributed by atoms with van der Waals surface area (Å²) in [5.41, 5.74) is 0.248. The van der Waals surface area contributed by atoms with Gasteiger partial charge in [0, 0.05) is 0 Å². The van der Waals surface area contributed by atoms with Crippen molar-refractivity contribution in [2.45, 2.75) is 25.4 Å². The van der Waals surface area contributed by atoms with E-state index in [1.165, 1.54) is 7.11 Å². The third-order valence-corrected chi connectivity index (χ3v) is 3.60. The third-order valence-electron chi connectivity index (χ3n) is 3.60. The van der Waals surface area contributed by atoms with E-state index < -0.39 is 0 Å². The molecule has 2 rings (SSSR count). The van der Waals surface area contributed by atoms with Crippen LogP contribution in [0.25, 0.3) is 0 Å². The molecular formula is C15H21NO4. The first-order valence-electron chi connectivity index (χ1n) is 6.74. The number of hydrogen-bond donors (Lipinski definition) is 1. The second kappa shape index (κ2) is 6.13. The Morgan fingerprint density at radius 3 is 2.50 bits per heavy atom. The molecule has 1 aliphatic rings. The summed E-state index contributed by atoms with van der Waals surface area (Å²) in [5, 5.41) is 3.31. The van der Waals surface area contributed by atoms with Crippen molar-refractivity contribution in [3.63, 3.8) is 0 Å². The summed E-state index contributed by atoms with van der Waals surface area (Å²) >= 11 is 0. The minimum atomic E-state index is -0.386. The molecule has 1 fully saturated rings. The number of nitrogens with one attached hydrogen (secondary N) is 1. The summed E-state index contributed by atoms with van der Waals surface area (Å²) in [7, 11) is 2.92. The smallest absolute Gasteiger partial charge is 0.337 e. The number of ether oxygens (including phenoxy) is 3. The lowest BCUT2D eigenvalue weighted by Crippen LogP contribution is -2.43. The number of esters is 1. The molecule has 1 aromatic carbocycles. The fourth-order valence-corrected chi connectivity index (χ4v) is 2.32. The molecule has 1 N–H and O–H groups in total. The largest absolute Gasteiger partial charge is 0.493 e. The van der Waals surface area contributed by atoms with Crippen LogP contribution in [-0.2, 0) is 4.74 Å². The number of carbonyl (C=O) groups excluding carboxylic acids is 1. The molecule has 5 heteroatoms. The van der Waals surface area contributed by atoms with Gasteiger partial charge in [0.15, 0.2) is 11.5 Å². The molecule has 110 valence electrons. The average molecular weight is 279 g/mol. The zero-order valence-electron chi connectivity index (χ0n) is 12.2. The Labute approximate surface area is 119 Å². The van der Waals surface area contributed by atoms with Crippen LogP contribution in [0.2, 0.25) is 0 Å². The second-order valence-corrected chi connectivity index (χ2v) is 5.16. The molecule has 0 radical (unpaired) electrons. The quantitative estimate of drug-likeness (QED) is 0.854. The van der Waals surface area contributed by atoms with Crippen LogP contribution >= 0.6 is 0 Å². The fraction of sp³-hybridized carbons (Fsp3) is 0.533. The Morgan fingerprint density at radius 1 is 1.20 bits per heavy atom. The molecule has 0 bridgehead atoms. The first-order valence-corrected chi connectivity index (χ1v) is 6.74. The van der Waals surface area contributed by atoms with Crippen LogP contribution in [0.15, 0.2) is 18.2 Å². The summed E-state index contributed by atoms with van der Waals surface area (Å²) in [4.78, 5) is 11.5. The van der Waals surface area contributed by atoms with Gasteiger partial charge in [-0.2, -0.15) is 0 Å². The van der Waals surface area contributed by atoms with E-state index in [1.807, 2.05) is 0 Å². The summed E-state index contributed by atoms with van der Waals surface area (Å²) < 4.78 is 16.1. The standard InChI is InChI=1S/C15H21NO4/c1-15(6-8-16-9-7-15)20-12-5-4-11(14(17)19-3)10-13(12)18-2/h4-5,10,16H,6-9H2,1-3H3. The van der Waals surface area contributed by atoms with Crippen LogP contribution in [0, 0.1) is 0 Å². The van der Waals surface area contributed by atoms with Crippen molar-refractivity contribution in [3.8, 4) is 11.5 Å². The number of benzene rings is 1. The van der Waals surface area contributed by atoms with Crippen molar-refractivity contribution in [1.82, 2.24) is 5.32 Å². The van der Waals surface area contributed by atoms with Crippen molar-refractivity contribution >= 4 is 5.97 Å². The Morgan fingerprint density at radius 2 is 1.90 bits per heavy atom. The highest BCUT2D eigenvalue weighted by molar-refractivity contribution is 5.90. The summed E-state index contributed by atoms with van der Waals surface area (Å²) in [6.45, 7) is 3.99. The van der Waals surface area contributed by atoms with Crippen molar-refractivity contribution < 1.29 is 19.0 Å². The van der Waals surface area contributed by atoms with E-state index in [0.29, 0.717) is 17.1 Å². The minimum Gasteiger partial charge on any atom is -0.493 e. The van der Waals surface area contributed by atoms with Crippen LogP contribution in [0.4, 0.5) is 0 Å². The highest BCUT2D eigenvalue weighted by Crippen LogP contribution is 2.34. The van der Waals surface area contributed by atoms with Crippen molar-refractivity contribution in [1.29, 1.82) is 0 Å². The first-order chi connectivity index (χ1) is 9.58. The van der Waals surface area contributed by atoms with Crippen LogP contribution in [0.5, 0.6) is 11.5 Å². The zero-order valence-corrected chi connectivity index (χ0v) is 12.2. The van der Waals surface area contributed by atoms with Crippen molar-refractivity contribution in [2.75, 3.05) is 27.3 Å². The van der Waals surface area contributed by atoms with Gasteiger partial charge in [-0.05, 0) is 51.1 Å². The van der Waals surface area contributed by atoms with E-state index in [2.05, 4.69) is 12.2 Å². The molecule has 5 nitrogen and oxygen atoms in total. The van der Waals surface area contributed by atoms with Crippen molar-refractivity contribution in [2.24, 2.45) is 0 Å². The Bertz CT molecular complexity index is 481. The lowest BCUT2D eigenvalue weighted by atomic mass is 9.94. The van der Waals surface area contributed by atoms with Gasteiger partial charge in [-0.25, -0.2) is 4.79 Å². The van der Waals surface area contributed by atoms with Crippen LogP contribution < -0.4 is 14.8 Å². The zero-order chi connectivity index (χ0) is 14.6. The van der Waals surface area contributed by atoms with E-state index in [-0.39, 0.29) is 11.6 Å². The molecule has 0 unspecified atom stereocenters. The van der Waals surface area contributed by atoms with E-state index in [0.717, 1.165) is 25.9 Å². The predicted octanol–water partition coefficient (Wildman–Crippen LogP) is 2.00. The van der Waals surface area contributed by atoms with Crippen molar-refractivity contribution in [3.05, 3.63) is 23.8 Å². The van der Waals surface area contributed by atoms with Gasteiger partial charge in [-0.3, -0.25) is 0 Å². The number of piperidine rings is 1. The molecule has 1 aromatic rings. The normalized spacial score (nSPS) is 17.4.